The van der Waals surface area contributed by atoms with Gasteiger partial charge >= 0.3 is 0 Å². The smallest absolute Gasteiger partial charge is 0.254 e. The Morgan fingerprint density at radius 1 is 1.06 bits per heavy atom. The Morgan fingerprint density at radius 3 is 2.52 bits per heavy atom. The average molecular weight is 423 g/mol. The molecule has 4 rings (SSSR count). The normalized spacial score (nSPS) is 15.9. The van der Waals surface area contributed by atoms with E-state index in [9.17, 15) is 9.18 Å². The molecule has 0 aliphatic carbocycles. The van der Waals surface area contributed by atoms with Gasteiger partial charge in [-0.05, 0) is 68.7 Å². The zero-order valence-corrected chi connectivity index (χ0v) is 18.2. The lowest BCUT2D eigenvalue weighted by atomic mass is 10.0. The van der Waals surface area contributed by atoms with Crippen LogP contribution in [0.1, 0.15) is 46.2 Å². The van der Waals surface area contributed by atoms with Crippen LogP contribution in [-0.2, 0) is 0 Å². The Balaban J connectivity index is 1.66. The van der Waals surface area contributed by atoms with Crippen LogP contribution in [0, 0.1) is 19.7 Å². The number of carbonyl (C=O) groups is 1. The van der Waals surface area contributed by atoms with Gasteiger partial charge in [0.05, 0.1) is 26.0 Å². The Bertz CT molecular complexity index is 1130. The molecule has 1 fully saturated rings. The van der Waals surface area contributed by atoms with E-state index in [1.54, 1.807) is 20.3 Å². The monoisotopic (exact) mass is 423 g/mol. The van der Waals surface area contributed by atoms with Gasteiger partial charge in [-0.1, -0.05) is 6.07 Å². The van der Waals surface area contributed by atoms with Crippen LogP contribution in [0.3, 0.4) is 0 Å². The van der Waals surface area contributed by atoms with Crippen molar-refractivity contribution in [1.82, 2.24) is 14.7 Å². The number of amides is 1. The van der Waals surface area contributed by atoms with Gasteiger partial charge in [0.15, 0.2) is 11.5 Å². The SMILES string of the molecule is COc1ccc(C2CCCN2C(=O)c2ccc(F)c(-n3nc(C)cc3C)c2)cc1OC. The van der Waals surface area contributed by atoms with Crippen LogP contribution in [0.15, 0.2) is 42.5 Å². The minimum atomic E-state index is -0.416. The molecule has 6 nitrogen and oxygen atoms in total. The van der Waals surface area contributed by atoms with Crippen molar-refractivity contribution in [2.45, 2.75) is 32.7 Å². The fraction of sp³-hybridized carbons (Fsp3) is 0.333. The number of aromatic nitrogens is 2. The average Bonchev–Trinajstić information content (AvgIpc) is 3.39. The van der Waals surface area contributed by atoms with Crippen molar-refractivity contribution in [2.75, 3.05) is 20.8 Å². The maximum absolute atomic E-state index is 14.6. The van der Waals surface area contributed by atoms with Crippen molar-refractivity contribution in [3.63, 3.8) is 0 Å². The fourth-order valence-corrected chi connectivity index (χ4v) is 4.26. The number of rotatable bonds is 5. The minimum absolute atomic E-state index is 0.0745. The van der Waals surface area contributed by atoms with Crippen LogP contribution in [0.2, 0.25) is 0 Å². The molecule has 162 valence electrons. The standard InChI is InChI=1S/C24H26FN3O3/c1-15-12-16(2)28(26-15)21-13-18(7-9-19(21)25)24(29)27-11-5-6-20(27)17-8-10-22(30-3)23(14-17)31-4/h7-10,12-14,20H,5-6,11H2,1-4H3. The summed E-state index contributed by atoms with van der Waals surface area (Å²) in [4.78, 5) is 15.3. The lowest BCUT2D eigenvalue weighted by molar-refractivity contribution is 0.0735. The predicted octanol–water partition coefficient (Wildman–Crippen LogP) is 4.62. The second kappa shape index (κ2) is 8.41. The lowest BCUT2D eigenvalue weighted by Gasteiger charge is -2.26. The number of hydrogen-bond acceptors (Lipinski definition) is 4. The molecule has 1 aliphatic rings. The second-order valence-corrected chi connectivity index (χ2v) is 7.78. The molecular formula is C24H26FN3O3. The molecule has 1 saturated heterocycles. The third kappa shape index (κ3) is 3.87. The maximum atomic E-state index is 14.6. The molecule has 0 radical (unpaired) electrons. The quantitative estimate of drug-likeness (QED) is 0.601. The molecule has 1 amide bonds. The molecule has 0 saturated carbocycles. The molecule has 0 bridgehead atoms. The number of hydrogen-bond donors (Lipinski definition) is 0. The Hall–Kier alpha value is -3.35. The van der Waals surface area contributed by atoms with E-state index in [-0.39, 0.29) is 17.6 Å². The van der Waals surface area contributed by atoms with E-state index >= 15 is 0 Å². The van der Waals surface area contributed by atoms with Crippen molar-refractivity contribution in [2.24, 2.45) is 0 Å². The molecule has 0 spiro atoms. The van der Waals surface area contributed by atoms with E-state index in [0.29, 0.717) is 23.6 Å². The summed E-state index contributed by atoms with van der Waals surface area (Å²) in [6.07, 6.45) is 1.75. The van der Waals surface area contributed by atoms with Gasteiger partial charge in [0.2, 0.25) is 0 Å². The number of halogens is 1. The van der Waals surface area contributed by atoms with E-state index in [1.165, 1.54) is 16.8 Å². The van der Waals surface area contributed by atoms with Crippen LogP contribution in [0.4, 0.5) is 4.39 Å². The van der Waals surface area contributed by atoms with Gasteiger partial charge in [0, 0.05) is 17.8 Å². The van der Waals surface area contributed by atoms with Crippen molar-refractivity contribution >= 4 is 5.91 Å². The van der Waals surface area contributed by atoms with Crippen LogP contribution < -0.4 is 9.47 Å². The summed E-state index contributed by atoms with van der Waals surface area (Å²) in [6, 6.07) is 12.0. The molecule has 1 aromatic heterocycles. The Morgan fingerprint density at radius 2 is 1.84 bits per heavy atom. The topological polar surface area (TPSA) is 56.6 Å². The highest BCUT2D eigenvalue weighted by Gasteiger charge is 2.31. The van der Waals surface area contributed by atoms with E-state index in [0.717, 1.165) is 29.8 Å². The third-order valence-corrected chi connectivity index (χ3v) is 5.74. The highest BCUT2D eigenvalue weighted by atomic mass is 19.1. The van der Waals surface area contributed by atoms with Gasteiger partial charge in [-0.2, -0.15) is 5.10 Å². The molecule has 31 heavy (non-hydrogen) atoms. The van der Waals surface area contributed by atoms with Gasteiger partial charge in [-0.3, -0.25) is 4.79 Å². The van der Waals surface area contributed by atoms with E-state index in [2.05, 4.69) is 5.10 Å². The van der Waals surface area contributed by atoms with Crippen molar-refractivity contribution < 1.29 is 18.7 Å². The van der Waals surface area contributed by atoms with Crippen LogP contribution in [-0.4, -0.2) is 41.4 Å². The number of likely N-dealkylation sites (tertiary alicyclic amines) is 1. The summed E-state index contributed by atoms with van der Waals surface area (Å²) in [5, 5.41) is 4.36. The van der Waals surface area contributed by atoms with Gasteiger partial charge in [-0.15, -0.1) is 0 Å². The van der Waals surface area contributed by atoms with Crippen molar-refractivity contribution in [3.05, 3.63) is 70.8 Å². The maximum Gasteiger partial charge on any atom is 0.254 e. The highest BCUT2D eigenvalue weighted by Crippen LogP contribution is 2.37. The first-order valence-corrected chi connectivity index (χ1v) is 10.3. The fourth-order valence-electron chi connectivity index (χ4n) is 4.26. The number of ether oxygens (including phenoxy) is 2. The van der Waals surface area contributed by atoms with Crippen molar-refractivity contribution in [1.29, 1.82) is 0 Å². The Kier molecular flexibility index (Phi) is 5.67. The molecule has 2 aromatic carbocycles. The molecular weight excluding hydrogens is 397 g/mol. The number of aryl methyl sites for hydroxylation is 2. The number of methoxy groups -OCH3 is 2. The number of benzene rings is 2. The second-order valence-electron chi connectivity index (χ2n) is 7.78. The number of nitrogens with zero attached hydrogens (tertiary/aromatic N) is 3. The predicted molar refractivity (Wildman–Crippen MR) is 116 cm³/mol. The number of carbonyl (C=O) groups excluding carboxylic acids is 1. The molecule has 1 aliphatic heterocycles. The van der Waals surface area contributed by atoms with Gasteiger partial charge in [-0.25, -0.2) is 9.07 Å². The summed E-state index contributed by atoms with van der Waals surface area (Å²) >= 11 is 0. The molecule has 1 unspecified atom stereocenters. The molecule has 0 N–H and O–H groups in total. The van der Waals surface area contributed by atoms with Gasteiger partial charge in [0.1, 0.15) is 11.5 Å². The Labute approximate surface area is 181 Å². The molecule has 3 aromatic rings. The lowest BCUT2D eigenvalue weighted by Crippen LogP contribution is -2.30. The van der Waals surface area contributed by atoms with Crippen LogP contribution >= 0.6 is 0 Å². The zero-order valence-electron chi connectivity index (χ0n) is 18.2. The first kappa shape index (κ1) is 20.9. The van der Waals surface area contributed by atoms with Crippen molar-refractivity contribution in [3.8, 4) is 17.2 Å². The van der Waals surface area contributed by atoms with Crippen LogP contribution in [0.5, 0.6) is 11.5 Å². The summed E-state index contributed by atoms with van der Waals surface area (Å²) in [6.45, 7) is 4.36. The summed E-state index contributed by atoms with van der Waals surface area (Å²) in [7, 11) is 3.19. The minimum Gasteiger partial charge on any atom is -0.493 e. The first-order valence-electron chi connectivity index (χ1n) is 10.3. The summed E-state index contributed by atoms with van der Waals surface area (Å²) in [5.41, 5.74) is 3.31. The molecule has 1 atom stereocenters. The van der Waals surface area contributed by atoms with Gasteiger partial charge < -0.3 is 14.4 Å². The van der Waals surface area contributed by atoms with E-state index < -0.39 is 5.82 Å². The molecule has 2 heterocycles. The largest absolute Gasteiger partial charge is 0.493 e. The summed E-state index contributed by atoms with van der Waals surface area (Å²) in [5.74, 6) is 0.740. The van der Waals surface area contributed by atoms with Crippen LogP contribution in [0.25, 0.3) is 5.69 Å². The van der Waals surface area contributed by atoms with E-state index in [1.807, 2.05) is 43.0 Å². The summed E-state index contributed by atoms with van der Waals surface area (Å²) < 4.78 is 26.9. The molecule has 7 heteroatoms. The highest BCUT2D eigenvalue weighted by molar-refractivity contribution is 5.95. The van der Waals surface area contributed by atoms with E-state index in [4.69, 9.17) is 9.47 Å². The zero-order chi connectivity index (χ0) is 22.1. The third-order valence-electron chi connectivity index (χ3n) is 5.74. The first-order chi connectivity index (χ1) is 14.9. The van der Waals surface area contributed by atoms with Gasteiger partial charge in [0.25, 0.3) is 5.91 Å².